The Morgan fingerprint density at radius 1 is 1.36 bits per heavy atom. The lowest BCUT2D eigenvalue weighted by atomic mass is 10.1. The van der Waals surface area contributed by atoms with E-state index in [4.69, 9.17) is 5.41 Å². The summed E-state index contributed by atoms with van der Waals surface area (Å²) in [6.45, 7) is 5.90. The van der Waals surface area contributed by atoms with Crippen molar-refractivity contribution in [3.05, 3.63) is 12.7 Å². The topological polar surface area (TPSA) is 23.9 Å². The Morgan fingerprint density at radius 3 is 2.71 bits per heavy atom. The molecule has 0 spiro atoms. The Hall–Kier alpha value is -0.590. The molecule has 80 valence electrons. The van der Waals surface area contributed by atoms with Gasteiger partial charge in [0.1, 0.15) is 0 Å². The number of allylic oxidation sites excluding steroid dienone is 1. The normalized spacial score (nSPS) is 24.6. The summed E-state index contributed by atoms with van der Waals surface area (Å²) in [7, 11) is 0. The second-order valence-corrected chi connectivity index (χ2v) is 4.46. The van der Waals surface area contributed by atoms with Crippen LogP contribution in [-0.2, 0) is 0 Å². The Morgan fingerprint density at radius 2 is 2.07 bits per heavy atom. The van der Waals surface area contributed by atoms with Crippen LogP contribution in [0.2, 0.25) is 0 Å². The molecule has 1 fully saturated rings. The summed E-state index contributed by atoms with van der Waals surface area (Å²) in [4.78, 5) is 0. The first-order valence-electron chi connectivity index (χ1n) is 6.00. The van der Waals surface area contributed by atoms with E-state index in [1.54, 1.807) is 6.08 Å². The number of hydrogen-bond donors (Lipinski definition) is 1. The molecule has 0 aliphatic heterocycles. The molecule has 14 heavy (non-hydrogen) atoms. The molecule has 1 aliphatic carbocycles. The third-order valence-corrected chi connectivity index (χ3v) is 3.22. The SMILES string of the molecule is C=CC(=N)C1CC1CCCCCCC. The van der Waals surface area contributed by atoms with Crippen molar-refractivity contribution in [3.63, 3.8) is 0 Å². The molecule has 1 aliphatic rings. The zero-order chi connectivity index (χ0) is 10.4. The third kappa shape index (κ3) is 3.65. The quantitative estimate of drug-likeness (QED) is 0.441. The summed E-state index contributed by atoms with van der Waals surface area (Å²) in [6.07, 6.45) is 11.2. The molecule has 2 atom stereocenters. The van der Waals surface area contributed by atoms with Crippen molar-refractivity contribution in [1.82, 2.24) is 0 Å². The Kier molecular flexibility index (Phi) is 4.92. The van der Waals surface area contributed by atoms with Gasteiger partial charge < -0.3 is 5.41 Å². The van der Waals surface area contributed by atoms with Gasteiger partial charge in [0.25, 0.3) is 0 Å². The van der Waals surface area contributed by atoms with Gasteiger partial charge in [-0.1, -0.05) is 45.6 Å². The van der Waals surface area contributed by atoms with E-state index < -0.39 is 0 Å². The van der Waals surface area contributed by atoms with Crippen LogP contribution >= 0.6 is 0 Å². The van der Waals surface area contributed by atoms with Gasteiger partial charge >= 0.3 is 0 Å². The largest absolute Gasteiger partial charge is 0.305 e. The molecule has 0 heterocycles. The zero-order valence-electron chi connectivity index (χ0n) is 9.39. The summed E-state index contributed by atoms with van der Waals surface area (Å²) in [5.74, 6) is 1.39. The molecule has 1 N–H and O–H groups in total. The molecule has 0 amide bonds. The Balaban J connectivity index is 1.95. The average Bonchev–Trinajstić information content (AvgIpc) is 2.96. The molecule has 0 aromatic rings. The number of unbranched alkanes of at least 4 members (excludes halogenated alkanes) is 4. The first-order valence-corrected chi connectivity index (χ1v) is 6.00. The van der Waals surface area contributed by atoms with Gasteiger partial charge in [0.15, 0.2) is 0 Å². The van der Waals surface area contributed by atoms with Crippen molar-refractivity contribution in [2.24, 2.45) is 11.8 Å². The van der Waals surface area contributed by atoms with E-state index in [2.05, 4.69) is 13.5 Å². The highest BCUT2D eigenvalue weighted by Gasteiger charge is 2.38. The monoisotopic (exact) mass is 193 g/mol. The highest BCUT2D eigenvalue weighted by atomic mass is 14.5. The molecule has 2 unspecified atom stereocenters. The van der Waals surface area contributed by atoms with Crippen LogP contribution in [0, 0.1) is 17.2 Å². The fraction of sp³-hybridized carbons (Fsp3) is 0.769. The van der Waals surface area contributed by atoms with Crippen LogP contribution in [0.4, 0.5) is 0 Å². The van der Waals surface area contributed by atoms with Crippen molar-refractivity contribution in [2.45, 2.75) is 51.9 Å². The van der Waals surface area contributed by atoms with Gasteiger partial charge in [-0.3, -0.25) is 0 Å². The molecule has 1 saturated carbocycles. The minimum absolute atomic E-state index is 0.568. The minimum atomic E-state index is 0.568. The van der Waals surface area contributed by atoms with Gasteiger partial charge in [0.2, 0.25) is 0 Å². The zero-order valence-corrected chi connectivity index (χ0v) is 9.39. The summed E-state index contributed by atoms with van der Waals surface area (Å²) in [5, 5.41) is 7.61. The first-order chi connectivity index (χ1) is 6.79. The van der Waals surface area contributed by atoms with Crippen LogP contribution in [0.15, 0.2) is 12.7 Å². The van der Waals surface area contributed by atoms with Crippen molar-refractivity contribution in [3.8, 4) is 0 Å². The van der Waals surface area contributed by atoms with Gasteiger partial charge in [0, 0.05) is 11.6 Å². The lowest BCUT2D eigenvalue weighted by Gasteiger charge is -1.99. The van der Waals surface area contributed by atoms with Crippen LogP contribution in [0.5, 0.6) is 0 Å². The highest BCUT2D eigenvalue weighted by Crippen LogP contribution is 2.43. The smallest absolute Gasteiger partial charge is 0.0341 e. The molecule has 0 saturated heterocycles. The van der Waals surface area contributed by atoms with E-state index in [0.717, 1.165) is 11.6 Å². The highest BCUT2D eigenvalue weighted by molar-refractivity contribution is 5.95. The van der Waals surface area contributed by atoms with E-state index in [0.29, 0.717) is 5.92 Å². The van der Waals surface area contributed by atoms with E-state index in [-0.39, 0.29) is 0 Å². The van der Waals surface area contributed by atoms with E-state index in [1.165, 1.54) is 44.9 Å². The van der Waals surface area contributed by atoms with Gasteiger partial charge in [-0.25, -0.2) is 0 Å². The van der Waals surface area contributed by atoms with E-state index in [9.17, 15) is 0 Å². The molecule has 1 nitrogen and oxygen atoms in total. The summed E-state index contributed by atoms with van der Waals surface area (Å²) < 4.78 is 0. The molecule has 0 bridgehead atoms. The van der Waals surface area contributed by atoms with Crippen LogP contribution in [-0.4, -0.2) is 5.71 Å². The second-order valence-electron chi connectivity index (χ2n) is 4.46. The average molecular weight is 193 g/mol. The van der Waals surface area contributed by atoms with Gasteiger partial charge in [-0.15, -0.1) is 0 Å². The summed E-state index contributed by atoms with van der Waals surface area (Å²) in [5.41, 5.74) is 0.767. The second kappa shape index (κ2) is 6.00. The lowest BCUT2D eigenvalue weighted by Crippen LogP contribution is -1.95. The van der Waals surface area contributed by atoms with Crippen LogP contribution in [0.1, 0.15) is 51.9 Å². The number of hydrogen-bond acceptors (Lipinski definition) is 1. The summed E-state index contributed by atoms with van der Waals surface area (Å²) in [6, 6.07) is 0. The molecule has 0 aromatic heterocycles. The van der Waals surface area contributed by atoms with Crippen molar-refractivity contribution in [1.29, 1.82) is 5.41 Å². The fourth-order valence-corrected chi connectivity index (χ4v) is 2.11. The number of nitrogens with one attached hydrogen (secondary N) is 1. The predicted octanol–water partition coefficient (Wildman–Crippen LogP) is 4.19. The Labute approximate surface area is 88.1 Å². The first kappa shape index (κ1) is 11.5. The molecule has 0 radical (unpaired) electrons. The number of rotatable bonds is 8. The minimum Gasteiger partial charge on any atom is -0.305 e. The maximum absolute atomic E-state index is 7.61. The maximum atomic E-state index is 7.61. The van der Waals surface area contributed by atoms with Crippen LogP contribution < -0.4 is 0 Å². The van der Waals surface area contributed by atoms with Crippen LogP contribution in [0.25, 0.3) is 0 Å². The maximum Gasteiger partial charge on any atom is 0.0341 e. The molecule has 1 heteroatoms. The van der Waals surface area contributed by atoms with Crippen molar-refractivity contribution in [2.75, 3.05) is 0 Å². The van der Waals surface area contributed by atoms with E-state index >= 15 is 0 Å². The van der Waals surface area contributed by atoms with Crippen LogP contribution in [0.3, 0.4) is 0 Å². The standard InChI is InChI=1S/C13H23N/c1-3-5-6-7-8-9-11-10-12(11)13(14)4-2/h4,11-12,14H,2-3,5-10H2,1H3. The van der Waals surface area contributed by atoms with Gasteiger partial charge in [0.05, 0.1) is 0 Å². The summed E-state index contributed by atoms with van der Waals surface area (Å²) >= 11 is 0. The van der Waals surface area contributed by atoms with Gasteiger partial charge in [-0.05, 0) is 24.8 Å². The van der Waals surface area contributed by atoms with Crippen molar-refractivity contribution >= 4 is 5.71 Å². The molecular weight excluding hydrogens is 170 g/mol. The predicted molar refractivity (Wildman–Crippen MR) is 62.9 cm³/mol. The van der Waals surface area contributed by atoms with Crippen molar-refractivity contribution < 1.29 is 0 Å². The molecule has 1 rings (SSSR count). The molecular formula is C13H23N. The van der Waals surface area contributed by atoms with E-state index in [1.807, 2.05) is 0 Å². The fourth-order valence-electron chi connectivity index (χ4n) is 2.11. The van der Waals surface area contributed by atoms with Gasteiger partial charge in [-0.2, -0.15) is 0 Å². The molecule has 0 aromatic carbocycles. The Bertz CT molecular complexity index is 195. The third-order valence-electron chi connectivity index (χ3n) is 3.22. The lowest BCUT2D eigenvalue weighted by molar-refractivity contribution is 0.574.